The van der Waals surface area contributed by atoms with E-state index in [1.54, 1.807) is 0 Å². The van der Waals surface area contributed by atoms with Crippen LogP contribution in [-0.2, 0) is 9.59 Å². The minimum absolute atomic E-state index is 0.446. The molecule has 0 aromatic carbocycles. The van der Waals surface area contributed by atoms with Gasteiger partial charge in [-0.15, -0.1) is 0 Å². The molecule has 0 rings (SSSR count). The first-order valence-corrected chi connectivity index (χ1v) is 2.95. The van der Waals surface area contributed by atoms with Crippen LogP contribution >= 0.6 is 12.2 Å². The summed E-state index contributed by atoms with van der Waals surface area (Å²) in [6.45, 7) is 0. The molecule has 10 heavy (non-hydrogen) atoms. The normalized spacial score (nSPS) is 12.0. The van der Waals surface area contributed by atoms with E-state index in [1.165, 1.54) is 0 Å². The van der Waals surface area contributed by atoms with Gasteiger partial charge in [-0.25, -0.2) is 0 Å². The van der Waals surface area contributed by atoms with Gasteiger partial charge >= 0.3 is 11.9 Å². The molecule has 0 heterocycles. The molecule has 0 fully saturated rings. The van der Waals surface area contributed by atoms with Gasteiger partial charge in [-0.3, -0.25) is 9.59 Å². The van der Waals surface area contributed by atoms with Crippen LogP contribution in [0, 0.1) is 5.92 Å². The average Bonchev–Trinajstić information content (AvgIpc) is 1.81. The Balaban J connectivity index is 3.96. The molecule has 0 aliphatic carbocycles. The van der Waals surface area contributed by atoms with E-state index in [-0.39, 0.29) is 0 Å². The molecule has 56 valence electrons. The molecular weight excluding hydrogens is 156 g/mol. The molecule has 0 saturated carbocycles. The summed E-state index contributed by atoms with van der Waals surface area (Å²) in [5.41, 5.74) is 0. The zero-order valence-corrected chi connectivity index (χ0v) is 5.80. The van der Waals surface area contributed by atoms with E-state index in [0.717, 1.165) is 5.37 Å². The maximum atomic E-state index is 10.1. The van der Waals surface area contributed by atoms with Crippen molar-refractivity contribution in [2.75, 3.05) is 0 Å². The number of aliphatic carboxylic acids is 2. The Morgan fingerprint density at radius 1 is 1.50 bits per heavy atom. The highest BCUT2D eigenvalue weighted by atomic mass is 32.1. The van der Waals surface area contributed by atoms with Crippen LogP contribution in [0.3, 0.4) is 0 Å². The summed E-state index contributed by atoms with van der Waals surface area (Å²) < 4.78 is 0. The Hall–Kier alpha value is -0.970. The molecule has 1 atom stereocenters. The Morgan fingerprint density at radius 3 is 2.10 bits per heavy atom. The van der Waals surface area contributed by atoms with E-state index in [9.17, 15) is 9.59 Å². The fraction of sp³-hybridized carbons (Fsp3) is 0.400. The molecule has 0 bridgehead atoms. The summed E-state index contributed by atoms with van der Waals surface area (Å²) in [7, 11) is 0. The smallest absolute Gasteiger partial charge is 0.311 e. The van der Waals surface area contributed by atoms with E-state index in [4.69, 9.17) is 10.2 Å². The lowest BCUT2D eigenvalue weighted by molar-refractivity contribution is -0.145. The van der Waals surface area contributed by atoms with Crippen molar-refractivity contribution < 1.29 is 19.8 Å². The number of carboxylic acids is 2. The van der Waals surface area contributed by atoms with Crippen molar-refractivity contribution in [2.24, 2.45) is 5.92 Å². The van der Waals surface area contributed by atoms with E-state index in [1.807, 2.05) is 0 Å². The second-order valence-electron chi connectivity index (χ2n) is 1.68. The topological polar surface area (TPSA) is 74.6 Å². The molecule has 2 N–H and O–H groups in total. The summed E-state index contributed by atoms with van der Waals surface area (Å²) >= 11 is 4.30. The van der Waals surface area contributed by atoms with Gasteiger partial charge in [0, 0.05) is 0 Å². The van der Waals surface area contributed by atoms with Gasteiger partial charge < -0.3 is 10.2 Å². The Morgan fingerprint density at radius 2 is 2.00 bits per heavy atom. The fourth-order valence-electron chi connectivity index (χ4n) is 0.382. The van der Waals surface area contributed by atoms with E-state index in [0.29, 0.717) is 0 Å². The minimum atomic E-state index is -1.20. The van der Waals surface area contributed by atoms with Crippen molar-refractivity contribution in [3.8, 4) is 0 Å². The van der Waals surface area contributed by atoms with Crippen LogP contribution in [0.1, 0.15) is 6.42 Å². The number of carbonyl (C=O) groups is 2. The number of hydrogen-bond donors (Lipinski definition) is 2. The summed E-state index contributed by atoms with van der Waals surface area (Å²) in [6, 6.07) is 0. The van der Waals surface area contributed by atoms with Gasteiger partial charge in [0.2, 0.25) is 0 Å². The van der Waals surface area contributed by atoms with Crippen LogP contribution < -0.4 is 0 Å². The van der Waals surface area contributed by atoms with E-state index >= 15 is 0 Å². The quantitative estimate of drug-likeness (QED) is 0.576. The lowest BCUT2D eigenvalue weighted by Gasteiger charge is -1.99. The number of hydrogen-bond acceptors (Lipinski definition) is 3. The first kappa shape index (κ1) is 9.03. The number of thiocarbonyl (C=S) groups is 1. The van der Waals surface area contributed by atoms with Crippen LogP contribution in [0.15, 0.2) is 0 Å². The SMILES string of the molecule is O=C(O)CC(C=S)C(=O)O. The van der Waals surface area contributed by atoms with Crippen LogP contribution in [0.25, 0.3) is 0 Å². The summed E-state index contributed by atoms with van der Waals surface area (Å²) in [5.74, 6) is -3.40. The zero-order valence-electron chi connectivity index (χ0n) is 4.98. The zero-order chi connectivity index (χ0) is 8.15. The van der Waals surface area contributed by atoms with Crippen LogP contribution in [0.2, 0.25) is 0 Å². The lowest BCUT2D eigenvalue weighted by Crippen LogP contribution is -2.17. The minimum Gasteiger partial charge on any atom is -0.481 e. The fourth-order valence-corrected chi connectivity index (χ4v) is 0.594. The van der Waals surface area contributed by atoms with Crippen LogP contribution in [0.4, 0.5) is 0 Å². The first-order valence-electron chi connectivity index (χ1n) is 2.47. The molecule has 0 aromatic rings. The van der Waals surface area contributed by atoms with Crippen molar-refractivity contribution >= 4 is 29.5 Å². The molecule has 5 heteroatoms. The Kier molecular flexibility index (Phi) is 3.56. The van der Waals surface area contributed by atoms with Crippen molar-refractivity contribution in [1.82, 2.24) is 0 Å². The molecule has 0 saturated heterocycles. The van der Waals surface area contributed by atoms with Crippen LogP contribution in [-0.4, -0.2) is 27.5 Å². The predicted octanol–water partition coefficient (Wildman–Crippen LogP) is 0.162. The highest BCUT2D eigenvalue weighted by molar-refractivity contribution is 7.79. The van der Waals surface area contributed by atoms with Gasteiger partial charge in [-0.2, -0.15) is 0 Å². The Bertz CT molecular complexity index is 165. The third-order valence-corrected chi connectivity index (χ3v) is 1.20. The highest BCUT2D eigenvalue weighted by Gasteiger charge is 2.17. The van der Waals surface area contributed by atoms with Crippen molar-refractivity contribution in [3.05, 3.63) is 0 Å². The van der Waals surface area contributed by atoms with E-state index < -0.39 is 24.3 Å². The van der Waals surface area contributed by atoms with Gasteiger partial charge in [0.25, 0.3) is 0 Å². The maximum absolute atomic E-state index is 10.1. The van der Waals surface area contributed by atoms with Crippen molar-refractivity contribution in [3.63, 3.8) is 0 Å². The van der Waals surface area contributed by atoms with E-state index in [2.05, 4.69) is 12.2 Å². The van der Waals surface area contributed by atoms with Gasteiger partial charge in [0.15, 0.2) is 0 Å². The summed E-state index contributed by atoms with van der Waals surface area (Å²) in [4.78, 5) is 20.0. The summed E-state index contributed by atoms with van der Waals surface area (Å²) in [5, 5.41) is 17.3. The van der Waals surface area contributed by atoms with Gasteiger partial charge in [0.05, 0.1) is 12.3 Å². The molecule has 0 aliphatic rings. The standard InChI is InChI=1S/C5H6O4S/c6-4(7)1-3(2-10)5(8)9/h2-3H,1H2,(H,6,7)(H,8,9). The summed E-state index contributed by atoms with van der Waals surface area (Å²) in [6.07, 6.45) is -0.446. The molecule has 0 aromatic heterocycles. The monoisotopic (exact) mass is 162 g/mol. The average molecular weight is 162 g/mol. The van der Waals surface area contributed by atoms with Gasteiger partial charge in [0.1, 0.15) is 0 Å². The predicted molar refractivity (Wildman–Crippen MR) is 37.0 cm³/mol. The third kappa shape index (κ3) is 3.13. The molecule has 0 spiro atoms. The first-order chi connectivity index (χ1) is 4.57. The van der Waals surface area contributed by atoms with Gasteiger partial charge in [-0.1, -0.05) is 12.2 Å². The third-order valence-electron chi connectivity index (χ3n) is 0.876. The van der Waals surface area contributed by atoms with Crippen LogP contribution in [0.5, 0.6) is 0 Å². The molecule has 1 unspecified atom stereocenters. The molecule has 4 nitrogen and oxygen atoms in total. The number of rotatable bonds is 4. The molecule has 0 amide bonds. The molecule has 0 radical (unpaired) electrons. The second-order valence-corrected chi connectivity index (χ2v) is 1.95. The number of carboxylic acid groups (broad SMARTS) is 2. The lowest BCUT2D eigenvalue weighted by atomic mass is 10.1. The second kappa shape index (κ2) is 3.94. The molecular formula is C5H6O4S. The highest BCUT2D eigenvalue weighted by Crippen LogP contribution is 1.99. The molecule has 0 aliphatic heterocycles. The largest absolute Gasteiger partial charge is 0.481 e. The van der Waals surface area contributed by atoms with Gasteiger partial charge in [-0.05, 0) is 5.37 Å². The van der Waals surface area contributed by atoms with Crippen molar-refractivity contribution in [1.29, 1.82) is 0 Å². The Labute approximate surface area is 62.5 Å². The van der Waals surface area contributed by atoms with Crippen molar-refractivity contribution in [2.45, 2.75) is 6.42 Å². The maximum Gasteiger partial charge on any atom is 0.311 e.